The van der Waals surface area contributed by atoms with Gasteiger partial charge in [0.2, 0.25) is 0 Å². The molecule has 0 radical (unpaired) electrons. The summed E-state index contributed by atoms with van der Waals surface area (Å²) in [6.45, 7) is 10.2. The van der Waals surface area contributed by atoms with Crippen molar-refractivity contribution in [3.63, 3.8) is 0 Å². The highest BCUT2D eigenvalue weighted by atomic mass is 79.9. The molecule has 0 fully saturated rings. The molecule has 0 aliphatic heterocycles. The van der Waals surface area contributed by atoms with Crippen molar-refractivity contribution in [2.75, 3.05) is 6.54 Å². The van der Waals surface area contributed by atoms with Gasteiger partial charge < -0.3 is 15.4 Å². The van der Waals surface area contributed by atoms with Crippen LogP contribution in [0.2, 0.25) is 0 Å². The maximum Gasteiger partial charge on any atom is 0.407 e. The van der Waals surface area contributed by atoms with Gasteiger partial charge in [-0.05, 0) is 62.0 Å². The van der Waals surface area contributed by atoms with Crippen LogP contribution in [0, 0.1) is 0 Å². The molecule has 0 aliphatic rings. The first kappa shape index (κ1) is 17.5. The highest BCUT2D eigenvalue weighted by Gasteiger charge is 2.17. The van der Waals surface area contributed by atoms with Gasteiger partial charge in [0.05, 0.1) is 0 Å². The van der Waals surface area contributed by atoms with Crippen LogP contribution in [0.5, 0.6) is 0 Å². The minimum atomic E-state index is -0.462. The lowest BCUT2D eigenvalue weighted by Gasteiger charge is -2.22. The molecule has 0 spiro atoms. The smallest absolute Gasteiger partial charge is 0.407 e. The van der Waals surface area contributed by atoms with Crippen molar-refractivity contribution in [3.8, 4) is 0 Å². The van der Waals surface area contributed by atoms with Gasteiger partial charge in [0.1, 0.15) is 5.60 Å². The third-order valence-corrected chi connectivity index (χ3v) is 4.58. The number of nitrogens with one attached hydrogen (secondary N) is 2. The van der Waals surface area contributed by atoms with E-state index >= 15 is 0 Å². The van der Waals surface area contributed by atoms with E-state index in [1.54, 1.807) is 11.3 Å². The molecule has 0 aromatic carbocycles. The van der Waals surface area contributed by atoms with Gasteiger partial charge in [-0.25, -0.2) is 4.79 Å². The molecular weight excluding hydrogens is 340 g/mol. The third kappa shape index (κ3) is 6.24. The molecule has 1 amide bonds. The van der Waals surface area contributed by atoms with Crippen LogP contribution < -0.4 is 10.6 Å². The van der Waals surface area contributed by atoms with Gasteiger partial charge in [0.25, 0.3) is 0 Å². The number of amides is 1. The standard InChI is InChI=1S/C14H23BrN2O2S/c1-9(8-16-13(18)19-14(3,4)5)17-10(2)12-11(15)6-7-20-12/h6-7,9-10,17H,8H2,1-5H3,(H,16,18). The van der Waals surface area contributed by atoms with Crippen molar-refractivity contribution in [1.29, 1.82) is 0 Å². The Hall–Kier alpha value is -0.590. The quantitative estimate of drug-likeness (QED) is 0.829. The summed E-state index contributed by atoms with van der Waals surface area (Å²) in [5.74, 6) is 0. The Morgan fingerprint density at radius 1 is 1.45 bits per heavy atom. The summed E-state index contributed by atoms with van der Waals surface area (Å²) in [6.07, 6.45) is -0.379. The van der Waals surface area contributed by atoms with Gasteiger partial charge in [-0.15, -0.1) is 11.3 Å². The van der Waals surface area contributed by atoms with Crippen LogP contribution in [0.3, 0.4) is 0 Å². The van der Waals surface area contributed by atoms with Crippen LogP contribution in [-0.2, 0) is 4.74 Å². The minimum absolute atomic E-state index is 0.159. The molecule has 0 saturated carbocycles. The number of alkyl carbamates (subject to hydrolysis) is 1. The summed E-state index contributed by atoms with van der Waals surface area (Å²) in [7, 11) is 0. The summed E-state index contributed by atoms with van der Waals surface area (Å²) in [5.41, 5.74) is -0.462. The second-order valence-electron chi connectivity index (χ2n) is 5.80. The molecule has 2 atom stereocenters. The fourth-order valence-electron chi connectivity index (χ4n) is 1.73. The number of carbonyl (C=O) groups excluding carboxylic acids is 1. The van der Waals surface area contributed by atoms with Gasteiger partial charge in [-0.2, -0.15) is 0 Å². The van der Waals surface area contributed by atoms with Gasteiger partial charge in [-0.3, -0.25) is 0 Å². The zero-order valence-electron chi connectivity index (χ0n) is 12.6. The number of hydrogen-bond donors (Lipinski definition) is 2. The third-order valence-electron chi connectivity index (χ3n) is 2.52. The number of thiophene rings is 1. The second kappa shape index (κ2) is 7.43. The van der Waals surface area contributed by atoms with Crippen LogP contribution in [0.15, 0.2) is 15.9 Å². The molecule has 0 bridgehead atoms. The van der Waals surface area contributed by atoms with E-state index in [1.807, 2.05) is 33.8 Å². The van der Waals surface area contributed by atoms with Crippen LogP contribution in [0.4, 0.5) is 4.79 Å². The fraction of sp³-hybridized carbons (Fsp3) is 0.643. The van der Waals surface area contributed by atoms with Crippen molar-refractivity contribution in [2.24, 2.45) is 0 Å². The van der Waals surface area contributed by atoms with Crippen molar-refractivity contribution in [2.45, 2.75) is 52.3 Å². The molecule has 2 N–H and O–H groups in total. The largest absolute Gasteiger partial charge is 0.444 e. The van der Waals surface area contributed by atoms with E-state index in [0.29, 0.717) is 6.54 Å². The topological polar surface area (TPSA) is 50.4 Å². The molecule has 20 heavy (non-hydrogen) atoms. The summed E-state index contributed by atoms with van der Waals surface area (Å²) in [4.78, 5) is 12.8. The molecule has 1 heterocycles. The Kier molecular flexibility index (Phi) is 6.48. The second-order valence-corrected chi connectivity index (χ2v) is 7.61. The number of carbonyl (C=O) groups is 1. The highest BCUT2D eigenvalue weighted by molar-refractivity contribution is 9.10. The van der Waals surface area contributed by atoms with Gasteiger partial charge in [0, 0.05) is 28.0 Å². The molecule has 2 unspecified atom stereocenters. The van der Waals surface area contributed by atoms with Gasteiger partial charge >= 0.3 is 6.09 Å². The van der Waals surface area contributed by atoms with Gasteiger partial charge in [-0.1, -0.05) is 0 Å². The van der Waals surface area contributed by atoms with Crippen molar-refractivity contribution in [1.82, 2.24) is 10.6 Å². The fourth-order valence-corrected chi connectivity index (χ4v) is 3.46. The van der Waals surface area contributed by atoms with E-state index in [4.69, 9.17) is 4.74 Å². The molecule has 114 valence electrons. The van der Waals surface area contributed by atoms with Crippen LogP contribution >= 0.6 is 27.3 Å². The molecule has 1 rings (SSSR count). The maximum absolute atomic E-state index is 11.6. The van der Waals surface area contributed by atoms with Crippen molar-refractivity contribution < 1.29 is 9.53 Å². The van der Waals surface area contributed by atoms with E-state index in [2.05, 4.69) is 38.9 Å². The Morgan fingerprint density at radius 3 is 2.60 bits per heavy atom. The maximum atomic E-state index is 11.6. The SMILES string of the molecule is CC(CNC(=O)OC(C)(C)C)NC(C)c1sccc1Br. The molecule has 0 saturated heterocycles. The zero-order valence-corrected chi connectivity index (χ0v) is 15.0. The molecule has 0 aliphatic carbocycles. The lowest BCUT2D eigenvalue weighted by molar-refractivity contribution is 0.0522. The monoisotopic (exact) mass is 362 g/mol. The number of rotatable bonds is 5. The zero-order chi connectivity index (χ0) is 15.3. The molecule has 1 aromatic rings. The summed E-state index contributed by atoms with van der Waals surface area (Å²) in [5, 5.41) is 8.28. The Labute approximate surface area is 133 Å². The summed E-state index contributed by atoms with van der Waals surface area (Å²) >= 11 is 5.24. The lowest BCUT2D eigenvalue weighted by atomic mass is 10.2. The Bertz CT molecular complexity index is 443. The van der Waals surface area contributed by atoms with E-state index < -0.39 is 5.60 Å². The number of halogens is 1. The average Bonchev–Trinajstić information content (AvgIpc) is 2.70. The van der Waals surface area contributed by atoms with Crippen LogP contribution in [-0.4, -0.2) is 24.3 Å². The average molecular weight is 363 g/mol. The molecule has 6 heteroatoms. The van der Waals surface area contributed by atoms with Crippen LogP contribution in [0.1, 0.15) is 45.5 Å². The molecular formula is C14H23BrN2O2S. The predicted molar refractivity (Wildman–Crippen MR) is 87.3 cm³/mol. The van der Waals surface area contributed by atoms with E-state index in [9.17, 15) is 4.79 Å². The Morgan fingerprint density at radius 2 is 2.10 bits per heavy atom. The first-order valence-electron chi connectivity index (χ1n) is 6.65. The van der Waals surface area contributed by atoms with E-state index in [0.717, 1.165) is 4.47 Å². The normalized spacial score (nSPS) is 14.7. The summed E-state index contributed by atoms with van der Waals surface area (Å²) in [6, 6.07) is 2.44. The van der Waals surface area contributed by atoms with E-state index in [1.165, 1.54) is 4.88 Å². The number of ether oxygens (including phenoxy) is 1. The van der Waals surface area contributed by atoms with Crippen LogP contribution in [0.25, 0.3) is 0 Å². The Balaban J connectivity index is 2.35. The first-order chi connectivity index (χ1) is 9.19. The van der Waals surface area contributed by atoms with E-state index in [-0.39, 0.29) is 18.2 Å². The summed E-state index contributed by atoms with van der Waals surface area (Å²) < 4.78 is 6.32. The van der Waals surface area contributed by atoms with Gasteiger partial charge in [0.15, 0.2) is 0 Å². The molecule has 4 nitrogen and oxygen atoms in total. The van der Waals surface area contributed by atoms with Crippen molar-refractivity contribution in [3.05, 3.63) is 20.8 Å². The number of hydrogen-bond acceptors (Lipinski definition) is 4. The first-order valence-corrected chi connectivity index (χ1v) is 8.32. The lowest BCUT2D eigenvalue weighted by Crippen LogP contribution is -2.41. The molecule has 1 aromatic heterocycles. The highest BCUT2D eigenvalue weighted by Crippen LogP contribution is 2.28. The van der Waals surface area contributed by atoms with Crippen molar-refractivity contribution >= 4 is 33.4 Å². The predicted octanol–water partition coefficient (Wildman–Crippen LogP) is 4.07. The minimum Gasteiger partial charge on any atom is -0.444 e.